The van der Waals surface area contributed by atoms with Gasteiger partial charge in [0.15, 0.2) is 0 Å². The minimum absolute atomic E-state index is 0.00654. The van der Waals surface area contributed by atoms with Crippen LogP contribution in [0.3, 0.4) is 0 Å². The number of thioether (sulfide) groups is 1. The predicted molar refractivity (Wildman–Crippen MR) is 86.4 cm³/mol. The normalized spacial score (nSPS) is 20.6. The third-order valence-corrected chi connectivity index (χ3v) is 4.89. The fourth-order valence-corrected chi connectivity index (χ4v) is 3.29. The van der Waals surface area contributed by atoms with Gasteiger partial charge in [-0.05, 0) is 38.6 Å². The number of carbonyl (C=O) groups is 1. The number of nitrogens with one attached hydrogen (secondary N) is 2. The molecular formula is C15H23N3OS. The monoisotopic (exact) mass is 293 g/mol. The summed E-state index contributed by atoms with van der Waals surface area (Å²) in [7, 11) is 1.93. The number of carbonyl (C=O) groups excluding carboxylic acids is 1. The Hall–Kier alpha value is -1.20. The van der Waals surface area contributed by atoms with Gasteiger partial charge in [-0.25, -0.2) is 4.79 Å². The molecule has 2 N–H and O–H groups in total. The van der Waals surface area contributed by atoms with Crippen LogP contribution in [0.4, 0.5) is 10.5 Å². The van der Waals surface area contributed by atoms with Crippen molar-refractivity contribution < 1.29 is 4.79 Å². The molecule has 0 spiro atoms. The minimum Gasteiger partial charge on any atom is -0.320 e. The van der Waals surface area contributed by atoms with Crippen molar-refractivity contribution in [2.24, 2.45) is 0 Å². The maximum Gasteiger partial charge on any atom is 0.322 e. The van der Waals surface area contributed by atoms with Gasteiger partial charge < -0.3 is 15.5 Å². The summed E-state index contributed by atoms with van der Waals surface area (Å²) in [6.07, 6.45) is 0. The summed E-state index contributed by atoms with van der Waals surface area (Å²) in [4.78, 5) is 14.2. The van der Waals surface area contributed by atoms with Gasteiger partial charge in [-0.2, -0.15) is 11.8 Å². The van der Waals surface area contributed by atoms with Crippen molar-refractivity contribution in [3.05, 3.63) is 29.8 Å². The van der Waals surface area contributed by atoms with E-state index in [9.17, 15) is 4.79 Å². The van der Waals surface area contributed by atoms with Crippen molar-refractivity contribution in [3.8, 4) is 0 Å². The predicted octanol–water partition coefficient (Wildman–Crippen LogP) is 2.94. The van der Waals surface area contributed by atoms with Gasteiger partial charge in [0.2, 0.25) is 0 Å². The molecule has 1 aromatic carbocycles. The highest BCUT2D eigenvalue weighted by Gasteiger charge is 2.23. The lowest BCUT2D eigenvalue weighted by molar-refractivity contribution is 0.200. The van der Waals surface area contributed by atoms with E-state index in [0.717, 1.165) is 23.7 Å². The molecule has 110 valence electrons. The van der Waals surface area contributed by atoms with E-state index in [1.54, 1.807) is 0 Å². The molecule has 2 unspecified atom stereocenters. The van der Waals surface area contributed by atoms with E-state index in [1.165, 1.54) is 5.56 Å². The van der Waals surface area contributed by atoms with Gasteiger partial charge in [0.1, 0.15) is 0 Å². The Morgan fingerprint density at radius 3 is 3.00 bits per heavy atom. The van der Waals surface area contributed by atoms with Crippen LogP contribution in [0.2, 0.25) is 0 Å². The first-order valence-corrected chi connectivity index (χ1v) is 8.20. The summed E-state index contributed by atoms with van der Waals surface area (Å²) in [5, 5.41) is 6.22. The standard InChI is InChI=1S/C15H23N3OS/c1-11-10-20-8-7-18(11)15(19)17-14-6-4-5-13(9-14)12(2)16-3/h4-6,9,11-12,16H,7-8,10H2,1-3H3,(H,17,19). The zero-order valence-electron chi connectivity index (χ0n) is 12.3. The third kappa shape index (κ3) is 3.67. The van der Waals surface area contributed by atoms with E-state index in [0.29, 0.717) is 6.04 Å². The average Bonchev–Trinajstić information content (AvgIpc) is 2.47. The Kier molecular flexibility index (Phi) is 5.31. The Labute approximate surface area is 125 Å². The van der Waals surface area contributed by atoms with E-state index in [4.69, 9.17) is 0 Å². The van der Waals surface area contributed by atoms with E-state index >= 15 is 0 Å². The Balaban J connectivity index is 2.03. The number of anilines is 1. The highest BCUT2D eigenvalue weighted by atomic mass is 32.2. The van der Waals surface area contributed by atoms with Crippen LogP contribution in [0.1, 0.15) is 25.5 Å². The second-order valence-corrected chi connectivity index (χ2v) is 6.33. The zero-order valence-corrected chi connectivity index (χ0v) is 13.2. The molecule has 4 nitrogen and oxygen atoms in total. The van der Waals surface area contributed by atoms with Crippen LogP contribution in [-0.4, -0.2) is 42.1 Å². The Morgan fingerprint density at radius 2 is 2.30 bits per heavy atom. The second kappa shape index (κ2) is 6.99. The number of rotatable bonds is 3. The second-order valence-electron chi connectivity index (χ2n) is 5.18. The molecule has 1 saturated heterocycles. The van der Waals surface area contributed by atoms with Crippen molar-refractivity contribution in [2.45, 2.75) is 25.9 Å². The number of nitrogens with zero attached hydrogens (tertiary/aromatic N) is 1. The third-order valence-electron chi connectivity index (χ3n) is 3.70. The first-order valence-electron chi connectivity index (χ1n) is 7.04. The summed E-state index contributed by atoms with van der Waals surface area (Å²) in [6, 6.07) is 8.60. The highest BCUT2D eigenvalue weighted by molar-refractivity contribution is 7.99. The van der Waals surface area contributed by atoms with Gasteiger partial charge in [0.05, 0.1) is 0 Å². The van der Waals surface area contributed by atoms with Gasteiger partial charge in [-0.15, -0.1) is 0 Å². The SMILES string of the molecule is CNC(C)c1cccc(NC(=O)N2CCSCC2C)c1. The van der Waals surface area contributed by atoms with Crippen molar-refractivity contribution in [2.75, 3.05) is 30.4 Å². The smallest absolute Gasteiger partial charge is 0.320 e. The first kappa shape index (κ1) is 15.2. The molecule has 0 aromatic heterocycles. The molecular weight excluding hydrogens is 270 g/mol. The lowest BCUT2D eigenvalue weighted by Gasteiger charge is -2.33. The molecule has 2 atom stereocenters. The number of hydrogen-bond acceptors (Lipinski definition) is 3. The summed E-state index contributed by atoms with van der Waals surface area (Å²) in [6.45, 7) is 5.03. The quantitative estimate of drug-likeness (QED) is 0.900. The van der Waals surface area contributed by atoms with E-state index in [-0.39, 0.29) is 12.1 Å². The highest BCUT2D eigenvalue weighted by Crippen LogP contribution is 2.20. The van der Waals surface area contributed by atoms with E-state index in [2.05, 4.69) is 30.5 Å². The molecule has 20 heavy (non-hydrogen) atoms. The van der Waals surface area contributed by atoms with Crippen LogP contribution >= 0.6 is 11.8 Å². The summed E-state index contributed by atoms with van der Waals surface area (Å²) < 4.78 is 0. The molecule has 5 heteroatoms. The number of hydrogen-bond donors (Lipinski definition) is 2. The molecule has 0 radical (unpaired) electrons. The molecule has 2 amide bonds. The van der Waals surface area contributed by atoms with Crippen molar-refractivity contribution in [3.63, 3.8) is 0 Å². The molecule has 2 rings (SSSR count). The molecule has 0 aliphatic carbocycles. The average molecular weight is 293 g/mol. The van der Waals surface area contributed by atoms with Gasteiger partial charge in [-0.1, -0.05) is 12.1 Å². The van der Waals surface area contributed by atoms with Crippen LogP contribution < -0.4 is 10.6 Å². The molecule has 1 aliphatic heterocycles. The van der Waals surface area contributed by atoms with Gasteiger partial charge in [-0.3, -0.25) is 0 Å². The lowest BCUT2D eigenvalue weighted by Crippen LogP contribution is -2.46. The number of amides is 2. The van der Waals surface area contributed by atoms with E-state index in [1.807, 2.05) is 41.9 Å². The van der Waals surface area contributed by atoms with Crippen LogP contribution in [-0.2, 0) is 0 Å². The van der Waals surface area contributed by atoms with Gasteiger partial charge >= 0.3 is 6.03 Å². The minimum atomic E-state index is 0.00654. The molecule has 1 heterocycles. The van der Waals surface area contributed by atoms with Gasteiger partial charge in [0.25, 0.3) is 0 Å². The Bertz CT molecular complexity index is 466. The topological polar surface area (TPSA) is 44.4 Å². The summed E-state index contributed by atoms with van der Waals surface area (Å²) in [5.41, 5.74) is 2.03. The van der Waals surface area contributed by atoms with Gasteiger partial charge in [0, 0.05) is 35.8 Å². The maximum absolute atomic E-state index is 12.3. The fourth-order valence-electron chi connectivity index (χ4n) is 2.28. The zero-order chi connectivity index (χ0) is 14.5. The van der Waals surface area contributed by atoms with Crippen LogP contribution in [0, 0.1) is 0 Å². The summed E-state index contributed by atoms with van der Waals surface area (Å²) >= 11 is 1.91. The molecule has 0 bridgehead atoms. The number of benzene rings is 1. The van der Waals surface area contributed by atoms with Crippen LogP contribution in [0.5, 0.6) is 0 Å². The fraction of sp³-hybridized carbons (Fsp3) is 0.533. The van der Waals surface area contributed by atoms with Crippen LogP contribution in [0.15, 0.2) is 24.3 Å². The maximum atomic E-state index is 12.3. The molecule has 1 fully saturated rings. The number of urea groups is 1. The van der Waals surface area contributed by atoms with E-state index < -0.39 is 0 Å². The largest absolute Gasteiger partial charge is 0.322 e. The molecule has 0 saturated carbocycles. The van der Waals surface area contributed by atoms with Crippen LogP contribution in [0.25, 0.3) is 0 Å². The Morgan fingerprint density at radius 1 is 1.50 bits per heavy atom. The van der Waals surface area contributed by atoms with Crippen molar-refractivity contribution >= 4 is 23.5 Å². The molecule has 1 aromatic rings. The first-order chi connectivity index (χ1) is 9.61. The summed E-state index contributed by atoms with van der Waals surface area (Å²) in [5.74, 6) is 2.04. The molecule has 1 aliphatic rings. The van der Waals surface area contributed by atoms with Crippen molar-refractivity contribution in [1.82, 2.24) is 10.2 Å². The lowest BCUT2D eigenvalue weighted by atomic mass is 10.1. The van der Waals surface area contributed by atoms with Crippen molar-refractivity contribution in [1.29, 1.82) is 0 Å².